The summed E-state index contributed by atoms with van der Waals surface area (Å²) >= 11 is 0. The minimum Gasteiger partial charge on any atom is -0.242 e. The lowest BCUT2D eigenvalue weighted by Gasteiger charge is -1.96. The summed E-state index contributed by atoms with van der Waals surface area (Å²) in [5, 5.41) is 0. The van der Waals surface area contributed by atoms with Crippen LogP contribution in [0.3, 0.4) is 0 Å². The molecule has 2 nitrogen and oxygen atoms in total. The first-order valence-corrected chi connectivity index (χ1v) is 4.76. The predicted molar refractivity (Wildman–Crippen MR) is 59.6 cm³/mol. The summed E-state index contributed by atoms with van der Waals surface area (Å²) in [7, 11) is 5.46. The van der Waals surface area contributed by atoms with Gasteiger partial charge in [-0.25, -0.2) is 9.97 Å². The van der Waals surface area contributed by atoms with E-state index in [0.29, 0.717) is 5.46 Å². The van der Waals surface area contributed by atoms with E-state index in [1.165, 1.54) is 0 Å². The van der Waals surface area contributed by atoms with E-state index in [2.05, 4.69) is 9.97 Å². The zero-order valence-electron chi connectivity index (χ0n) is 9.55. The number of nitrogens with zero attached hydrogens (tertiary/aromatic N) is 2. The van der Waals surface area contributed by atoms with Crippen molar-refractivity contribution in [2.75, 3.05) is 0 Å². The van der Waals surface area contributed by atoms with Crippen LogP contribution in [0.4, 0.5) is 0 Å². The second-order valence-corrected chi connectivity index (χ2v) is 1.96. The molecule has 0 saturated heterocycles. The van der Waals surface area contributed by atoms with Crippen molar-refractivity contribution in [3.8, 4) is 0 Å². The van der Waals surface area contributed by atoms with Crippen LogP contribution < -0.4 is 5.46 Å². The van der Waals surface area contributed by atoms with Crippen molar-refractivity contribution < 1.29 is 0 Å². The number of aromatic nitrogens is 2. The number of aryl methyl sites for hydroxylation is 2. The van der Waals surface area contributed by atoms with Gasteiger partial charge in [0.1, 0.15) is 13.7 Å². The Labute approximate surface area is 83.2 Å². The van der Waals surface area contributed by atoms with Crippen LogP contribution in [0.1, 0.15) is 39.2 Å². The highest BCUT2D eigenvalue weighted by Crippen LogP contribution is 1.85. The van der Waals surface area contributed by atoms with E-state index in [9.17, 15) is 0 Å². The number of rotatable bonds is 0. The highest BCUT2D eigenvalue weighted by Gasteiger charge is 1.91. The molecule has 13 heavy (non-hydrogen) atoms. The third kappa shape index (κ3) is 6.32. The molecule has 0 fully saturated rings. The fourth-order valence-electron chi connectivity index (χ4n) is 0.592. The second kappa shape index (κ2) is 9.23. The maximum Gasteiger partial charge on any atom is 0.125 e. The lowest BCUT2D eigenvalue weighted by molar-refractivity contribution is 1.02. The van der Waals surface area contributed by atoms with Crippen molar-refractivity contribution in [3.63, 3.8) is 0 Å². The smallest absolute Gasteiger partial charge is 0.125 e. The molecule has 0 aliphatic rings. The maximum atomic E-state index is 5.46. The molecular weight excluding hydrogens is 159 g/mol. The Morgan fingerprint density at radius 1 is 1.08 bits per heavy atom. The Bertz CT molecular complexity index is 224. The Morgan fingerprint density at radius 3 is 1.85 bits per heavy atom. The minimum atomic E-state index is 0.653. The molecule has 0 saturated carbocycles. The lowest BCUT2D eigenvalue weighted by Crippen LogP contribution is -2.11. The van der Waals surface area contributed by atoms with Crippen LogP contribution in [0.15, 0.2) is 6.20 Å². The highest BCUT2D eigenvalue weighted by molar-refractivity contribution is 6.32. The fourth-order valence-corrected chi connectivity index (χ4v) is 0.592. The van der Waals surface area contributed by atoms with E-state index in [1.54, 1.807) is 6.20 Å². The molecule has 1 aromatic heterocycles. The van der Waals surface area contributed by atoms with Crippen LogP contribution in [0.5, 0.6) is 0 Å². The first-order valence-electron chi connectivity index (χ1n) is 4.76. The number of hydrogen-bond acceptors (Lipinski definition) is 2. The Morgan fingerprint density at radius 2 is 1.54 bits per heavy atom. The van der Waals surface area contributed by atoms with E-state index in [-0.39, 0.29) is 0 Å². The maximum absolute atomic E-state index is 5.46. The van der Waals surface area contributed by atoms with Crippen molar-refractivity contribution >= 4 is 13.3 Å². The average Bonchev–Trinajstić information content (AvgIpc) is 2.18. The van der Waals surface area contributed by atoms with E-state index in [4.69, 9.17) is 7.85 Å². The van der Waals surface area contributed by atoms with Crippen LogP contribution in [0.25, 0.3) is 0 Å². The Kier molecular flexibility index (Phi) is 10.4. The second-order valence-electron chi connectivity index (χ2n) is 1.96. The quantitative estimate of drug-likeness (QED) is 0.567. The van der Waals surface area contributed by atoms with Gasteiger partial charge in [0.15, 0.2) is 0 Å². The Hall–Kier alpha value is -0.855. The van der Waals surface area contributed by atoms with Gasteiger partial charge in [-0.2, -0.15) is 0 Å². The van der Waals surface area contributed by atoms with Gasteiger partial charge in [0, 0.05) is 11.9 Å². The normalized spacial score (nSPS) is 7.54. The molecule has 2 radical (unpaired) electrons. The molecule has 1 rings (SSSR count). The van der Waals surface area contributed by atoms with E-state index >= 15 is 0 Å². The molecule has 1 aromatic rings. The predicted octanol–water partition coefficient (Wildman–Crippen LogP) is 1.94. The van der Waals surface area contributed by atoms with Gasteiger partial charge >= 0.3 is 0 Å². The van der Waals surface area contributed by atoms with E-state index in [0.717, 1.165) is 11.5 Å². The molecule has 0 unspecified atom stereocenters. The van der Waals surface area contributed by atoms with Crippen molar-refractivity contribution in [3.05, 3.63) is 17.7 Å². The summed E-state index contributed by atoms with van der Waals surface area (Å²) in [5.74, 6) is 0.765. The van der Waals surface area contributed by atoms with Crippen LogP contribution in [-0.2, 0) is 0 Å². The van der Waals surface area contributed by atoms with Crippen molar-refractivity contribution in [2.45, 2.75) is 41.5 Å². The zero-order valence-corrected chi connectivity index (χ0v) is 9.55. The standard InChI is InChI=1S/C6H7BN2.2C2H6/c1-4-6(7)3-8-5(2)9-4;2*1-2/h3H,1-2H3;2*1-2H3. The topological polar surface area (TPSA) is 25.8 Å². The van der Waals surface area contributed by atoms with Crippen LogP contribution >= 0.6 is 0 Å². The largest absolute Gasteiger partial charge is 0.242 e. The summed E-state index contributed by atoms with van der Waals surface area (Å²) in [6, 6.07) is 0. The fraction of sp³-hybridized carbons (Fsp3) is 0.600. The van der Waals surface area contributed by atoms with Crippen molar-refractivity contribution in [1.82, 2.24) is 9.97 Å². The van der Waals surface area contributed by atoms with Gasteiger partial charge in [0.05, 0.1) is 0 Å². The first-order chi connectivity index (χ1) is 6.20. The van der Waals surface area contributed by atoms with Gasteiger partial charge in [0.2, 0.25) is 0 Å². The zero-order chi connectivity index (χ0) is 10.9. The molecule has 0 aliphatic heterocycles. The summed E-state index contributed by atoms with van der Waals surface area (Å²) in [5.41, 5.74) is 1.50. The van der Waals surface area contributed by atoms with Crippen molar-refractivity contribution in [1.29, 1.82) is 0 Å². The van der Waals surface area contributed by atoms with Crippen LogP contribution in [-0.4, -0.2) is 17.8 Å². The SMILES string of the molecule is CC.CC.[B]c1cnc(C)nc1C. The summed E-state index contributed by atoms with van der Waals surface area (Å²) in [6.45, 7) is 11.7. The summed E-state index contributed by atoms with van der Waals surface area (Å²) < 4.78 is 0. The first kappa shape index (κ1) is 14.7. The van der Waals surface area contributed by atoms with Crippen LogP contribution in [0.2, 0.25) is 0 Å². The third-order valence-electron chi connectivity index (χ3n) is 1.14. The lowest BCUT2D eigenvalue weighted by atomic mass is 9.97. The molecule has 0 bridgehead atoms. The molecule has 0 atom stereocenters. The molecule has 1 heterocycles. The molecular formula is C10H19BN2. The summed E-state index contributed by atoms with van der Waals surface area (Å²) in [6.07, 6.45) is 1.62. The molecule has 0 amide bonds. The molecule has 0 aliphatic carbocycles. The monoisotopic (exact) mass is 178 g/mol. The van der Waals surface area contributed by atoms with Gasteiger partial charge in [-0.05, 0) is 13.8 Å². The Balaban J connectivity index is 0. The average molecular weight is 178 g/mol. The van der Waals surface area contributed by atoms with Gasteiger partial charge in [0.25, 0.3) is 0 Å². The summed E-state index contributed by atoms with van der Waals surface area (Å²) in [4.78, 5) is 7.94. The van der Waals surface area contributed by atoms with E-state index in [1.807, 2.05) is 41.5 Å². The van der Waals surface area contributed by atoms with Gasteiger partial charge in [-0.15, -0.1) is 0 Å². The molecule has 3 heteroatoms. The van der Waals surface area contributed by atoms with Gasteiger partial charge < -0.3 is 0 Å². The van der Waals surface area contributed by atoms with Crippen molar-refractivity contribution in [2.24, 2.45) is 0 Å². The number of hydrogen-bond donors (Lipinski definition) is 0. The van der Waals surface area contributed by atoms with Crippen LogP contribution in [0, 0.1) is 13.8 Å². The molecule has 72 valence electrons. The molecule has 0 spiro atoms. The molecule has 0 aromatic carbocycles. The minimum absolute atomic E-state index is 0.653. The van der Waals surface area contributed by atoms with Gasteiger partial charge in [-0.1, -0.05) is 33.2 Å². The highest BCUT2D eigenvalue weighted by atomic mass is 14.9. The molecule has 0 N–H and O–H groups in total. The third-order valence-corrected chi connectivity index (χ3v) is 1.14. The van der Waals surface area contributed by atoms with Gasteiger partial charge in [-0.3, -0.25) is 0 Å². The van der Waals surface area contributed by atoms with E-state index < -0.39 is 0 Å².